The lowest BCUT2D eigenvalue weighted by Gasteiger charge is -2.26. The molecule has 3 aromatic rings. The van der Waals surface area contributed by atoms with Gasteiger partial charge >= 0.3 is 0 Å². The van der Waals surface area contributed by atoms with E-state index in [1.165, 1.54) is 12.0 Å². The molecule has 6 nitrogen and oxygen atoms in total. The Morgan fingerprint density at radius 2 is 1.77 bits per heavy atom. The summed E-state index contributed by atoms with van der Waals surface area (Å²) in [5, 5.41) is 11.8. The number of benzene rings is 3. The zero-order valence-electron chi connectivity index (χ0n) is 20.0. The van der Waals surface area contributed by atoms with Crippen LogP contribution in [0.1, 0.15) is 35.2 Å². The number of methoxy groups -OCH3 is 1. The van der Waals surface area contributed by atoms with Gasteiger partial charge in [0.15, 0.2) is 0 Å². The van der Waals surface area contributed by atoms with E-state index in [9.17, 15) is 14.7 Å². The molecular weight excluding hydrogens is 466 g/mol. The van der Waals surface area contributed by atoms with Crippen molar-refractivity contribution in [2.24, 2.45) is 0 Å². The molecule has 1 saturated heterocycles. The highest BCUT2D eigenvalue weighted by Crippen LogP contribution is 2.45. The van der Waals surface area contributed by atoms with E-state index in [-0.39, 0.29) is 22.6 Å². The van der Waals surface area contributed by atoms with E-state index in [0.717, 1.165) is 11.1 Å². The average molecular weight is 492 g/mol. The largest absolute Gasteiger partial charge is 0.507 e. The maximum Gasteiger partial charge on any atom is 0.300 e. The molecule has 0 spiro atoms. The predicted molar refractivity (Wildman–Crippen MR) is 136 cm³/mol. The molecule has 0 radical (unpaired) electrons. The van der Waals surface area contributed by atoms with Crippen LogP contribution in [0.25, 0.3) is 5.76 Å². The molecule has 0 aliphatic carbocycles. The SMILES string of the molecule is CCOc1cccc(N2C(=O)C(=O)/C(=C(/O)c3cc(C)cc(Cl)c3OC)C2c2cccc(C)c2)c1. The number of aryl methyl sites for hydroxylation is 2. The van der Waals surface area contributed by atoms with Gasteiger partial charge in [0.25, 0.3) is 11.7 Å². The molecular formula is C28H26ClNO5. The summed E-state index contributed by atoms with van der Waals surface area (Å²) in [6, 6.07) is 17.0. The number of hydrogen-bond acceptors (Lipinski definition) is 5. The first-order chi connectivity index (χ1) is 16.8. The third kappa shape index (κ3) is 4.49. The predicted octanol–water partition coefficient (Wildman–Crippen LogP) is 5.99. The van der Waals surface area contributed by atoms with Crippen molar-refractivity contribution in [3.8, 4) is 11.5 Å². The van der Waals surface area contributed by atoms with Crippen LogP contribution in [-0.2, 0) is 9.59 Å². The van der Waals surface area contributed by atoms with Gasteiger partial charge in [-0.3, -0.25) is 14.5 Å². The van der Waals surface area contributed by atoms with Gasteiger partial charge in [0.2, 0.25) is 0 Å². The number of nitrogens with zero attached hydrogens (tertiary/aromatic N) is 1. The summed E-state index contributed by atoms with van der Waals surface area (Å²) in [6.07, 6.45) is 0. The van der Waals surface area contributed by atoms with E-state index in [0.29, 0.717) is 28.6 Å². The van der Waals surface area contributed by atoms with Crippen LogP contribution >= 0.6 is 11.6 Å². The maximum absolute atomic E-state index is 13.4. The van der Waals surface area contributed by atoms with Crippen molar-refractivity contribution in [3.63, 3.8) is 0 Å². The van der Waals surface area contributed by atoms with Crippen LogP contribution in [0.15, 0.2) is 66.2 Å². The Kier molecular flexibility index (Phi) is 6.85. The van der Waals surface area contributed by atoms with Crippen molar-refractivity contribution in [1.82, 2.24) is 0 Å². The molecule has 1 unspecified atom stereocenters. The van der Waals surface area contributed by atoms with Crippen LogP contribution in [0, 0.1) is 13.8 Å². The molecule has 1 N–H and O–H groups in total. The molecule has 0 aromatic heterocycles. The Labute approximate surface area is 209 Å². The summed E-state index contributed by atoms with van der Waals surface area (Å²) in [5.74, 6) is -1.09. The number of carbonyl (C=O) groups is 2. The van der Waals surface area contributed by atoms with Crippen LogP contribution in [0.4, 0.5) is 5.69 Å². The molecule has 0 bridgehead atoms. The van der Waals surface area contributed by atoms with Crippen molar-refractivity contribution in [2.45, 2.75) is 26.8 Å². The molecule has 1 aliphatic rings. The van der Waals surface area contributed by atoms with Gasteiger partial charge in [-0.1, -0.05) is 47.5 Å². The summed E-state index contributed by atoms with van der Waals surface area (Å²) >= 11 is 6.36. The lowest BCUT2D eigenvalue weighted by molar-refractivity contribution is -0.132. The Morgan fingerprint density at radius 1 is 1.03 bits per heavy atom. The maximum atomic E-state index is 13.4. The van der Waals surface area contributed by atoms with Crippen LogP contribution in [0.2, 0.25) is 5.02 Å². The Morgan fingerprint density at radius 3 is 2.46 bits per heavy atom. The van der Waals surface area contributed by atoms with Gasteiger partial charge in [0.05, 0.1) is 35.9 Å². The van der Waals surface area contributed by atoms with Gasteiger partial charge in [-0.15, -0.1) is 0 Å². The molecule has 35 heavy (non-hydrogen) atoms. The smallest absolute Gasteiger partial charge is 0.300 e. The zero-order chi connectivity index (χ0) is 25.3. The summed E-state index contributed by atoms with van der Waals surface area (Å²) in [7, 11) is 1.43. The molecule has 1 heterocycles. The molecule has 1 amide bonds. The second kappa shape index (κ2) is 9.84. The Balaban J connectivity index is 1.99. The summed E-state index contributed by atoms with van der Waals surface area (Å²) in [6.45, 7) is 6.07. The lowest BCUT2D eigenvalue weighted by Crippen LogP contribution is -2.29. The number of amides is 1. The fraction of sp³-hybridized carbons (Fsp3) is 0.214. The van der Waals surface area contributed by atoms with Crippen molar-refractivity contribution >= 4 is 34.7 Å². The highest BCUT2D eigenvalue weighted by molar-refractivity contribution is 6.51. The average Bonchev–Trinajstić information content (AvgIpc) is 3.09. The number of Topliss-reactive ketones (excluding diaryl/α,β-unsaturated/α-hetero) is 1. The third-order valence-corrected chi connectivity index (χ3v) is 6.14. The fourth-order valence-corrected chi connectivity index (χ4v) is 4.75. The number of carbonyl (C=O) groups excluding carboxylic acids is 2. The summed E-state index contributed by atoms with van der Waals surface area (Å²) in [4.78, 5) is 28.2. The normalized spacial score (nSPS) is 17.1. The van der Waals surface area contributed by atoms with Crippen LogP contribution in [-0.4, -0.2) is 30.5 Å². The van der Waals surface area contributed by atoms with Crippen LogP contribution in [0.5, 0.6) is 11.5 Å². The third-order valence-electron chi connectivity index (χ3n) is 5.86. The topological polar surface area (TPSA) is 76.1 Å². The minimum Gasteiger partial charge on any atom is -0.507 e. The van der Waals surface area contributed by atoms with Crippen LogP contribution in [0.3, 0.4) is 0 Å². The zero-order valence-corrected chi connectivity index (χ0v) is 20.7. The minimum atomic E-state index is -0.865. The second-order valence-corrected chi connectivity index (χ2v) is 8.75. The van der Waals surface area contributed by atoms with E-state index in [1.807, 2.05) is 45.0 Å². The number of ether oxygens (including phenoxy) is 2. The molecule has 180 valence electrons. The van der Waals surface area contributed by atoms with Crippen LogP contribution < -0.4 is 14.4 Å². The van der Waals surface area contributed by atoms with E-state index in [1.54, 1.807) is 36.4 Å². The molecule has 4 rings (SSSR count). The van der Waals surface area contributed by atoms with E-state index < -0.39 is 17.7 Å². The van der Waals surface area contributed by atoms with Crippen molar-refractivity contribution in [2.75, 3.05) is 18.6 Å². The van der Waals surface area contributed by atoms with E-state index in [4.69, 9.17) is 21.1 Å². The highest BCUT2D eigenvalue weighted by Gasteiger charge is 2.47. The number of ketones is 1. The molecule has 7 heteroatoms. The van der Waals surface area contributed by atoms with Gasteiger partial charge in [-0.05, 0) is 56.2 Å². The second-order valence-electron chi connectivity index (χ2n) is 8.34. The van der Waals surface area contributed by atoms with Gasteiger partial charge in [0.1, 0.15) is 17.3 Å². The number of rotatable bonds is 6. The van der Waals surface area contributed by atoms with Gasteiger partial charge < -0.3 is 14.6 Å². The summed E-state index contributed by atoms with van der Waals surface area (Å²) in [5.41, 5.74) is 3.09. The first kappa shape index (κ1) is 24.4. The molecule has 3 aromatic carbocycles. The highest BCUT2D eigenvalue weighted by atomic mass is 35.5. The standard InChI is InChI=1S/C28H26ClNO5/c1-5-35-20-11-7-10-19(15-20)30-24(18-9-6-8-16(2)12-18)23(26(32)28(30)33)25(31)21-13-17(3)14-22(29)27(21)34-4/h6-15,24,31H,5H2,1-4H3/b25-23+. The Bertz CT molecular complexity index is 1350. The van der Waals surface area contributed by atoms with Crippen molar-refractivity contribution in [1.29, 1.82) is 0 Å². The number of aliphatic hydroxyl groups excluding tert-OH is 1. The molecule has 1 aliphatic heterocycles. The first-order valence-electron chi connectivity index (χ1n) is 11.2. The first-order valence-corrected chi connectivity index (χ1v) is 11.6. The number of aliphatic hydroxyl groups is 1. The van der Waals surface area contributed by atoms with E-state index >= 15 is 0 Å². The molecule has 1 fully saturated rings. The van der Waals surface area contributed by atoms with Crippen molar-refractivity contribution < 1.29 is 24.2 Å². The molecule has 0 saturated carbocycles. The lowest BCUT2D eigenvalue weighted by atomic mass is 9.93. The number of hydrogen-bond donors (Lipinski definition) is 1. The minimum absolute atomic E-state index is 0.0395. The quantitative estimate of drug-likeness (QED) is 0.260. The monoisotopic (exact) mass is 491 g/mol. The van der Waals surface area contributed by atoms with E-state index in [2.05, 4.69) is 0 Å². The Hall–Kier alpha value is -3.77. The fourth-order valence-electron chi connectivity index (χ4n) is 4.40. The van der Waals surface area contributed by atoms with Gasteiger partial charge in [-0.25, -0.2) is 0 Å². The molecule has 1 atom stereocenters. The summed E-state index contributed by atoms with van der Waals surface area (Å²) < 4.78 is 11.0. The number of halogens is 1. The van der Waals surface area contributed by atoms with Gasteiger partial charge in [-0.2, -0.15) is 0 Å². The van der Waals surface area contributed by atoms with Crippen molar-refractivity contribution in [3.05, 3.63) is 93.5 Å². The number of anilines is 1. The van der Waals surface area contributed by atoms with Gasteiger partial charge in [0, 0.05) is 11.8 Å².